The standard InChI is InChI=1S/C26H23N3O8S.Na/c1-26(2)19(24(34)35)29-22(33)17(23(29)38-26)28-21(32)16(12-7-4-3-5-8-12)27-20(31)14-11-13-9-6-10-15(30)18(13)37-25(14)36;/h3-11,16-17,19,23,30H,1-2H3,(H,27,31)(H,28,32)(H,34,35);/q;+1/p-1/t16-,17+,19-,23+;/m0./s1. The fourth-order valence-corrected chi connectivity index (χ4v) is 6.43. The molecular weight excluding hydrogens is 537 g/mol. The quantitative estimate of drug-likeness (QED) is 0.165. The number of carbonyl (C=O) groups excluding carboxylic acids is 4. The Hall–Kier alpha value is -3.32. The summed E-state index contributed by atoms with van der Waals surface area (Å²) >= 11 is 1.24. The van der Waals surface area contributed by atoms with E-state index in [1.165, 1.54) is 34.9 Å². The van der Waals surface area contributed by atoms with Gasteiger partial charge in [-0.15, -0.1) is 11.8 Å². The Labute approximate surface area is 248 Å². The van der Waals surface area contributed by atoms with Crippen LogP contribution >= 0.6 is 11.8 Å². The molecule has 0 radical (unpaired) electrons. The van der Waals surface area contributed by atoms with Crippen molar-refractivity contribution in [3.8, 4) is 5.75 Å². The summed E-state index contributed by atoms with van der Waals surface area (Å²) in [6, 6.07) is 10.4. The number of hydrogen-bond donors (Lipinski definition) is 3. The van der Waals surface area contributed by atoms with Gasteiger partial charge in [0.25, 0.3) is 5.91 Å². The van der Waals surface area contributed by atoms with Gasteiger partial charge in [-0.2, -0.15) is 0 Å². The fourth-order valence-electron chi connectivity index (χ4n) is 4.81. The van der Waals surface area contributed by atoms with Crippen LogP contribution in [0.5, 0.6) is 5.75 Å². The Balaban J connectivity index is 0.00000353. The average Bonchev–Trinajstić information content (AvgIpc) is 3.14. The minimum absolute atomic E-state index is 0. The Morgan fingerprint density at radius 3 is 2.46 bits per heavy atom. The largest absolute Gasteiger partial charge is 1.00 e. The third-order valence-corrected chi connectivity index (χ3v) is 8.19. The molecular formula is C26H22N3NaO8S. The molecule has 3 heterocycles. The van der Waals surface area contributed by atoms with Gasteiger partial charge >= 0.3 is 35.2 Å². The fraction of sp³-hybridized carbons (Fsp3) is 0.269. The van der Waals surface area contributed by atoms with E-state index in [0.717, 1.165) is 0 Å². The van der Waals surface area contributed by atoms with E-state index in [2.05, 4.69) is 10.6 Å². The molecule has 0 bridgehead atoms. The summed E-state index contributed by atoms with van der Waals surface area (Å²) < 4.78 is 4.29. The zero-order chi connectivity index (χ0) is 27.4. The first-order chi connectivity index (χ1) is 18.0. The number of carboxylic acid groups (broad SMARTS) is 1. The SMILES string of the molecule is CC1(C)S[C@@H]2[C@H](NC(=O)[C@@H](NC(=O)c3cc4cccc(O)c4oc3=O)c3ccccc3)C(=O)N2[C@H]1C(=O)[O-].[Na+]. The van der Waals surface area contributed by atoms with Crippen LogP contribution in [0.1, 0.15) is 35.8 Å². The van der Waals surface area contributed by atoms with Crippen LogP contribution in [0.3, 0.4) is 0 Å². The molecule has 2 aromatic carbocycles. The van der Waals surface area contributed by atoms with Gasteiger partial charge in [-0.05, 0) is 31.5 Å². The number of nitrogens with one attached hydrogen (secondary N) is 2. The first kappa shape index (κ1) is 28.7. The van der Waals surface area contributed by atoms with Crippen LogP contribution in [-0.2, 0) is 14.4 Å². The minimum atomic E-state index is -1.37. The summed E-state index contributed by atoms with van der Waals surface area (Å²) in [7, 11) is 0. The van der Waals surface area contributed by atoms with Crippen LogP contribution in [0.15, 0.2) is 63.8 Å². The number of carboxylic acids is 1. The summed E-state index contributed by atoms with van der Waals surface area (Å²) in [5.74, 6) is -3.83. The number of para-hydroxylation sites is 1. The van der Waals surface area contributed by atoms with Crippen molar-refractivity contribution in [3.05, 3.63) is 76.1 Å². The maximum atomic E-state index is 13.4. The van der Waals surface area contributed by atoms with Gasteiger partial charge in [0.2, 0.25) is 11.8 Å². The smallest absolute Gasteiger partial charge is 0.548 e. The molecule has 0 unspecified atom stereocenters. The Morgan fingerprint density at radius 2 is 1.79 bits per heavy atom. The van der Waals surface area contributed by atoms with Crippen molar-refractivity contribution in [2.75, 3.05) is 0 Å². The predicted octanol–water partition coefficient (Wildman–Crippen LogP) is -2.73. The molecule has 11 nitrogen and oxygen atoms in total. The van der Waals surface area contributed by atoms with E-state index in [1.807, 2.05) is 0 Å². The van der Waals surface area contributed by atoms with E-state index in [0.29, 0.717) is 10.9 Å². The molecule has 5 rings (SSSR count). The molecule has 3 aromatic rings. The molecule has 2 aliphatic rings. The number of fused-ring (bicyclic) bond motifs is 2. The van der Waals surface area contributed by atoms with E-state index in [1.54, 1.807) is 50.2 Å². The first-order valence-electron chi connectivity index (χ1n) is 11.6. The number of carbonyl (C=O) groups is 4. The number of rotatable bonds is 6. The molecule has 2 aliphatic heterocycles. The molecule has 0 aliphatic carbocycles. The summed E-state index contributed by atoms with van der Waals surface area (Å²) in [5.41, 5.74) is -1.08. The van der Waals surface area contributed by atoms with E-state index < -0.39 is 57.6 Å². The summed E-state index contributed by atoms with van der Waals surface area (Å²) in [5, 5.41) is 26.4. The van der Waals surface area contributed by atoms with E-state index in [4.69, 9.17) is 4.42 Å². The number of phenols is 1. The van der Waals surface area contributed by atoms with Crippen LogP contribution in [0.2, 0.25) is 0 Å². The molecule has 4 atom stereocenters. The summed E-state index contributed by atoms with van der Waals surface area (Å²) in [6.45, 7) is 3.37. The van der Waals surface area contributed by atoms with Crippen LogP contribution < -0.4 is 50.9 Å². The van der Waals surface area contributed by atoms with Crippen molar-refractivity contribution in [1.29, 1.82) is 0 Å². The second-order valence-electron chi connectivity index (χ2n) is 9.53. The molecule has 2 saturated heterocycles. The number of aliphatic carboxylic acids is 1. The van der Waals surface area contributed by atoms with Crippen LogP contribution in [0.25, 0.3) is 11.0 Å². The number of aromatic hydroxyl groups is 1. The van der Waals surface area contributed by atoms with Gasteiger partial charge in [0.15, 0.2) is 11.3 Å². The van der Waals surface area contributed by atoms with E-state index >= 15 is 0 Å². The summed E-state index contributed by atoms with van der Waals surface area (Å²) in [4.78, 5) is 64.7. The number of hydrogen-bond acceptors (Lipinski definition) is 9. The van der Waals surface area contributed by atoms with Gasteiger partial charge in [0.1, 0.15) is 23.0 Å². The van der Waals surface area contributed by atoms with Crippen LogP contribution in [-0.4, -0.2) is 55.9 Å². The zero-order valence-electron chi connectivity index (χ0n) is 21.2. The number of β-lactam (4-membered cyclic amide) rings is 1. The Kier molecular flexibility index (Phi) is 7.86. The van der Waals surface area contributed by atoms with Gasteiger partial charge < -0.3 is 35.0 Å². The van der Waals surface area contributed by atoms with Crippen LogP contribution in [0, 0.1) is 0 Å². The van der Waals surface area contributed by atoms with Crippen LogP contribution in [0.4, 0.5) is 0 Å². The third-order valence-electron chi connectivity index (χ3n) is 6.62. The molecule has 2 fully saturated rings. The molecule has 0 saturated carbocycles. The molecule has 196 valence electrons. The number of thioether (sulfide) groups is 1. The maximum Gasteiger partial charge on any atom is 1.00 e. The van der Waals surface area contributed by atoms with Crippen molar-refractivity contribution in [2.24, 2.45) is 0 Å². The van der Waals surface area contributed by atoms with Gasteiger partial charge in [-0.3, -0.25) is 14.4 Å². The van der Waals surface area contributed by atoms with Crippen molar-refractivity contribution in [1.82, 2.24) is 15.5 Å². The van der Waals surface area contributed by atoms with Gasteiger partial charge in [-0.1, -0.05) is 42.5 Å². The Morgan fingerprint density at radius 1 is 1.10 bits per heavy atom. The molecule has 3 N–H and O–H groups in total. The van der Waals surface area contributed by atoms with Crippen molar-refractivity contribution in [2.45, 2.75) is 42.1 Å². The van der Waals surface area contributed by atoms with Gasteiger partial charge in [0, 0.05) is 10.1 Å². The molecule has 0 spiro atoms. The van der Waals surface area contributed by atoms with E-state index in [9.17, 15) is 34.2 Å². The molecule has 1 aromatic heterocycles. The van der Waals surface area contributed by atoms with Crippen molar-refractivity contribution >= 4 is 46.4 Å². The number of nitrogens with zero attached hydrogens (tertiary/aromatic N) is 1. The minimum Gasteiger partial charge on any atom is -0.548 e. The topological polar surface area (TPSA) is 169 Å². The van der Waals surface area contributed by atoms with Gasteiger partial charge in [0.05, 0.1) is 12.0 Å². The third kappa shape index (κ3) is 5.05. The molecule has 13 heteroatoms. The zero-order valence-corrected chi connectivity index (χ0v) is 24.0. The number of amides is 3. The first-order valence-corrected chi connectivity index (χ1v) is 12.5. The normalized spacial score (nSPS) is 21.7. The summed E-state index contributed by atoms with van der Waals surface area (Å²) in [6.07, 6.45) is 0. The predicted molar refractivity (Wildman–Crippen MR) is 134 cm³/mol. The number of phenolic OH excluding ortho intramolecular Hbond substituents is 1. The number of benzene rings is 2. The molecule has 39 heavy (non-hydrogen) atoms. The Bertz CT molecular complexity index is 1540. The van der Waals surface area contributed by atoms with E-state index in [-0.39, 0.29) is 46.5 Å². The second kappa shape index (κ2) is 10.7. The molecule has 3 amide bonds. The average molecular weight is 560 g/mol. The monoisotopic (exact) mass is 559 g/mol. The van der Waals surface area contributed by atoms with Crippen molar-refractivity contribution in [3.63, 3.8) is 0 Å². The second-order valence-corrected chi connectivity index (χ2v) is 11.3. The van der Waals surface area contributed by atoms with Gasteiger partial charge in [-0.25, -0.2) is 4.79 Å². The van der Waals surface area contributed by atoms with Crippen molar-refractivity contribution < 1.29 is 63.4 Å². The maximum absolute atomic E-state index is 13.4.